The van der Waals surface area contributed by atoms with Crippen LogP contribution in [0.3, 0.4) is 0 Å². The zero-order chi connectivity index (χ0) is 8.55. The van der Waals surface area contributed by atoms with Crippen LogP contribution in [0, 0.1) is 12.3 Å². The van der Waals surface area contributed by atoms with Crippen LogP contribution in [0.5, 0.6) is 0 Å². The molecule has 1 aromatic carbocycles. The standard InChI is InChI=1S/C12H12/c1-9(2)12-7-10-5-3-4-6-11(10)8-12/h3-7,9H,1-2H3. The molecule has 0 atom stereocenters. The summed E-state index contributed by atoms with van der Waals surface area (Å²) in [7, 11) is 0. The minimum atomic E-state index is 0.581. The predicted octanol–water partition coefficient (Wildman–Crippen LogP) is 3.17. The SMILES string of the molecule is CC(C)C1=Cc2ccccc2[C]1. The van der Waals surface area contributed by atoms with Crippen molar-refractivity contribution in [1.29, 1.82) is 0 Å². The lowest BCUT2D eigenvalue weighted by atomic mass is 10.0. The van der Waals surface area contributed by atoms with Crippen molar-refractivity contribution in [3.05, 3.63) is 47.4 Å². The largest absolute Gasteiger partial charge is 0.0619 e. The average molecular weight is 156 g/mol. The first kappa shape index (κ1) is 7.60. The lowest BCUT2D eigenvalue weighted by molar-refractivity contribution is 0.789. The summed E-state index contributed by atoms with van der Waals surface area (Å²) in [6, 6.07) is 8.38. The fourth-order valence-corrected chi connectivity index (χ4v) is 1.41. The minimum Gasteiger partial charge on any atom is -0.0619 e. The Bertz CT molecular complexity index is 319. The molecule has 0 aromatic heterocycles. The molecule has 1 aromatic rings. The molecule has 1 aliphatic rings. The lowest BCUT2D eigenvalue weighted by Gasteiger charge is -2.02. The summed E-state index contributed by atoms with van der Waals surface area (Å²) in [5, 5.41) is 0. The Labute approximate surface area is 73.9 Å². The van der Waals surface area contributed by atoms with Crippen LogP contribution in [0.4, 0.5) is 0 Å². The molecule has 0 fully saturated rings. The average Bonchev–Trinajstić information content (AvgIpc) is 2.46. The smallest absolute Gasteiger partial charge is 0.0466 e. The third-order valence-electron chi connectivity index (χ3n) is 2.17. The maximum atomic E-state index is 3.40. The fourth-order valence-electron chi connectivity index (χ4n) is 1.41. The topological polar surface area (TPSA) is 0 Å². The van der Waals surface area contributed by atoms with Gasteiger partial charge < -0.3 is 0 Å². The highest BCUT2D eigenvalue weighted by molar-refractivity contribution is 5.69. The second-order valence-corrected chi connectivity index (χ2v) is 3.47. The molecule has 12 heavy (non-hydrogen) atoms. The molecule has 2 rings (SSSR count). The summed E-state index contributed by atoms with van der Waals surface area (Å²) < 4.78 is 0. The van der Waals surface area contributed by atoms with E-state index in [9.17, 15) is 0 Å². The maximum Gasteiger partial charge on any atom is 0.0466 e. The Morgan fingerprint density at radius 1 is 1.17 bits per heavy atom. The van der Waals surface area contributed by atoms with Gasteiger partial charge in [-0.15, -0.1) is 0 Å². The van der Waals surface area contributed by atoms with Gasteiger partial charge in [-0.1, -0.05) is 49.8 Å². The normalized spacial score (nSPS) is 14.8. The second kappa shape index (κ2) is 2.78. The van der Waals surface area contributed by atoms with Crippen molar-refractivity contribution in [2.24, 2.45) is 5.92 Å². The number of allylic oxidation sites excluding steroid dienone is 1. The molecule has 60 valence electrons. The van der Waals surface area contributed by atoms with E-state index in [4.69, 9.17) is 0 Å². The molecule has 0 spiro atoms. The molecule has 0 saturated carbocycles. The molecule has 0 nitrogen and oxygen atoms in total. The number of fused-ring (bicyclic) bond motifs is 1. The van der Waals surface area contributed by atoms with Gasteiger partial charge in [-0.25, -0.2) is 0 Å². The van der Waals surface area contributed by atoms with Crippen molar-refractivity contribution >= 4 is 6.08 Å². The zero-order valence-electron chi connectivity index (χ0n) is 7.46. The van der Waals surface area contributed by atoms with Crippen LogP contribution >= 0.6 is 0 Å². The van der Waals surface area contributed by atoms with Gasteiger partial charge in [0.25, 0.3) is 0 Å². The van der Waals surface area contributed by atoms with Crippen LogP contribution in [0.15, 0.2) is 29.8 Å². The van der Waals surface area contributed by atoms with E-state index in [0.29, 0.717) is 5.92 Å². The first-order valence-electron chi connectivity index (χ1n) is 4.35. The van der Waals surface area contributed by atoms with E-state index in [-0.39, 0.29) is 0 Å². The molecule has 0 aliphatic heterocycles. The van der Waals surface area contributed by atoms with E-state index in [0.717, 1.165) is 0 Å². The van der Waals surface area contributed by atoms with Gasteiger partial charge in [0.05, 0.1) is 0 Å². The van der Waals surface area contributed by atoms with Crippen LogP contribution in [-0.2, 0) is 0 Å². The van der Waals surface area contributed by atoms with Crippen molar-refractivity contribution < 1.29 is 0 Å². The maximum absolute atomic E-state index is 3.40. The van der Waals surface area contributed by atoms with E-state index in [1.165, 1.54) is 16.7 Å². The van der Waals surface area contributed by atoms with E-state index in [1.807, 2.05) is 0 Å². The van der Waals surface area contributed by atoms with E-state index in [2.05, 4.69) is 50.6 Å². The first-order valence-corrected chi connectivity index (χ1v) is 4.35. The molecule has 0 bridgehead atoms. The molecular formula is C12H12. The third-order valence-corrected chi connectivity index (χ3v) is 2.17. The van der Waals surface area contributed by atoms with E-state index < -0.39 is 0 Å². The molecule has 0 N–H and O–H groups in total. The Morgan fingerprint density at radius 2 is 1.92 bits per heavy atom. The summed E-state index contributed by atoms with van der Waals surface area (Å²) >= 11 is 0. The molecular weight excluding hydrogens is 144 g/mol. The van der Waals surface area contributed by atoms with Crippen LogP contribution in [0.25, 0.3) is 6.08 Å². The fraction of sp³-hybridized carbons (Fsp3) is 0.250. The second-order valence-electron chi connectivity index (χ2n) is 3.47. The third kappa shape index (κ3) is 1.18. The van der Waals surface area contributed by atoms with Crippen LogP contribution in [0.1, 0.15) is 25.0 Å². The highest BCUT2D eigenvalue weighted by atomic mass is 14.2. The monoisotopic (exact) mass is 156 g/mol. The van der Waals surface area contributed by atoms with E-state index >= 15 is 0 Å². The molecule has 0 saturated heterocycles. The van der Waals surface area contributed by atoms with Crippen molar-refractivity contribution in [1.82, 2.24) is 0 Å². The summed E-state index contributed by atoms with van der Waals surface area (Å²) in [6.07, 6.45) is 5.62. The van der Waals surface area contributed by atoms with Crippen molar-refractivity contribution in [2.75, 3.05) is 0 Å². The van der Waals surface area contributed by atoms with Gasteiger partial charge in [-0.3, -0.25) is 0 Å². The van der Waals surface area contributed by atoms with Crippen molar-refractivity contribution in [2.45, 2.75) is 13.8 Å². The Kier molecular flexibility index (Phi) is 1.76. The van der Waals surface area contributed by atoms with Gasteiger partial charge >= 0.3 is 0 Å². The number of benzene rings is 1. The summed E-state index contributed by atoms with van der Waals surface area (Å²) in [5.74, 6) is 0.581. The predicted molar refractivity (Wildman–Crippen MR) is 51.6 cm³/mol. The zero-order valence-corrected chi connectivity index (χ0v) is 7.46. The molecule has 0 amide bonds. The summed E-state index contributed by atoms with van der Waals surface area (Å²) in [6.45, 7) is 4.40. The first-order chi connectivity index (χ1) is 5.77. The van der Waals surface area contributed by atoms with Gasteiger partial charge in [-0.05, 0) is 17.0 Å². The molecule has 0 heterocycles. The summed E-state index contributed by atoms with van der Waals surface area (Å²) in [5.41, 5.74) is 3.86. The van der Waals surface area contributed by atoms with Crippen molar-refractivity contribution in [3.63, 3.8) is 0 Å². The summed E-state index contributed by atoms with van der Waals surface area (Å²) in [4.78, 5) is 0. The van der Waals surface area contributed by atoms with Crippen molar-refractivity contribution in [3.8, 4) is 0 Å². The highest BCUT2D eigenvalue weighted by Crippen LogP contribution is 2.30. The minimum absolute atomic E-state index is 0.581. The van der Waals surface area contributed by atoms with Gasteiger partial charge in [-0.2, -0.15) is 0 Å². The van der Waals surface area contributed by atoms with Crippen LogP contribution < -0.4 is 0 Å². The molecule has 1 aliphatic carbocycles. The Hall–Kier alpha value is -1.04. The highest BCUT2D eigenvalue weighted by Gasteiger charge is 2.14. The lowest BCUT2D eigenvalue weighted by Crippen LogP contribution is -1.90. The van der Waals surface area contributed by atoms with Gasteiger partial charge in [0, 0.05) is 6.42 Å². The van der Waals surface area contributed by atoms with Crippen LogP contribution in [0.2, 0.25) is 0 Å². The van der Waals surface area contributed by atoms with Crippen LogP contribution in [-0.4, -0.2) is 0 Å². The molecule has 0 unspecified atom stereocenters. The number of rotatable bonds is 1. The van der Waals surface area contributed by atoms with Gasteiger partial charge in [0.15, 0.2) is 0 Å². The van der Waals surface area contributed by atoms with Gasteiger partial charge in [0.2, 0.25) is 0 Å². The molecule has 2 radical (unpaired) electrons. The van der Waals surface area contributed by atoms with E-state index in [1.54, 1.807) is 0 Å². The quantitative estimate of drug-likeness (QED) is 0.586. The molecule has 0 heteroatoms. The number of hydrogen-bond acceptors (Lipinski definition) is 0. The van der Waals surface area contributed by atoms with Gasteiger partial charge in [0.1, 0.15) is 0 Å². The Balaban J connectivity index is 2.35. The Morgan fingerprint density at radius 3 is 2.58 bits per heavy atom. The number of hydrogen-bond donors (Lipinski definition) is 0.